The SMILES string of the molecule is CCC(N)Cc1ccc(Br)cc1N(C)Cc1ccc(Cl)s1. The van der Waals surface area contributed by atoms with Crippen LogP contribution in [0.3, 0.4) is 0 Å². The van der Waals surface area contributed by atoms with Crippen LogP contribution in [0.2, 0.25) is 4.34 Å². The minimum Gasteiger partial charge on any atom is -0.369 e. The number of benzene rings is 1. The molecule has 0 bridgehead atoms. The summed E-state index contributed by atoms with van der Waals surface area (Å²) >= 11 is 11.2. The second kappa shape index (κ2) is 7.63. The maximum atomic E-state index is 6.12. The Bertz CT molecular complexity index is 600. The van der Waals surface area contributed by atoms with Gasteiger partial charge in [-0.15, -0.1) is 11.3 Å². The first-order valence-electron chi connectivity index (χ1n) is 6.99. The molecule has 1 atom stereocenters. The lowest BCUT2D eigenvalue weighted by Crippen LogP contribution is -2.24. The number of nitrogens with zero attached hydrogens (tertiary/aromatic N) is 1. The van der Waals surface area contributed by atoms with E-state index < -0.39 is 0 Å². The van der Waals surface area contributed by atoms with Gasteiger partial charge in [-0.3, -0.25) is 0 Å². The summed E-state index contributed by atoms with van der Waals surface area (Å²) in [4.78, 5) is 3.51. The van der Waals surface area contributed by atoms with Crippen LogP contribution in [-0.2, 0) is 13.0 Å². The Morgan fingerprint density at radius 2 is 2.10 bits per heavy atom. The average molecular weight is 388 g/mol. The fraction of sp³-hybridized carbons (Fsp3) is 0.375. The van der Waals surface area contributed by atoms with E-state index in [1.807, 2.05) is 6.07 Å². The third kappa shape index (κ3) is 4.71. The molecule has 0 fully saturated rings. The van der Waals surface area contributed by atoms with Crippen molar-refractivity contribution < 1.29 is 0 Å². The molecule has 0 amide bonds. The monoisotopic (exact) mass is 386 g/mol. The summed E-state index contributed by atoms with van der Waals surface area (Å²) in [5.41, 5.74) is 8.63. The third-order valence-corrected chi connectivity index (χ3v) is 5.20. The smallest absolute Gasteiger partial charge is 0.0931 e. The van der Waals surface area contributed by atoms with Crippen LogP contribution in [0, 0.1) is 0 Å². The largest absolute Gasteiger partial charge is 0.369 e. The Morgan fingerprint density at radius 1 is 1.33 bits per heavy atom. The van der Waals surface area contributed by atoms with Gasteiger partial charge in [0.25, 0.3) is 0 Å². The number of halogens is 2. The van der Waals surface area contributed by atoms with Gasteiger partial charge in [-0.1, -0.05) is 40.5 Å². The number of rotatable bonds is 6. The maximum absolute atomic E-state index is 6.12. The van der Waals surface area contributed by atoms with Crippen LogP contribution >= 0.6 is 38.9 Å². The molecule has 2 nitrogen and oxygen atoms in total. The lowest BCUT2D eigenvalue weighted by Gasteiger charge is -2.23. The molecule has 1 unspecified atom stereocenters. The molecule has 21 heavy (non-hydrogen) atoms. The Kier molecular flexibility index (Phi) is 6.11. The molecule has 2 N–H and O–H groups in total. The van der Waals surface area contributed by atoms with Gasteiger partial charge in [-0.2, -0.15) is 0 Å². The highest BCUT2D eigenvalue weighted by Crippen LogP contribution is 2.29. The van der Waals surface area contributed by atoms with Crippen LogP contribution in [0.4, 0.5) is 5.69 Å². The Labute approximate surface area is 144 Å². The van der Waals surface area contributed by atoms with E-state index in [0.29, 0.717) is 0 Å². The first kappa shape index (κ1) is 16.8. The summed E-state index contributed by atoms with van der Waals surface area (Å²) in [6.07, 6.45) is 1.88. The van der Waals surface area contributed by atoms with Crippen molar-refractivity contribution in [1.29, 1.82) is 0 Å². The van der Waals surface area contributed by atoms with Crippen molar-refractivity contribution in [1.82, 2.24) is 0 Å². The first-order valence-corrected chi connectivity index (χ1v) is 8.97. The lowest BCUT2D eigenvalue weighted by atomic mass is 10.0. The molecule has 1 aromatic carbocycles. The lowest BCUT2D eigenvalue weighted by molar-refractivity contribution is 0.645. The zero-order valence-corrected chi connectivity index (χ0v) is 15.4. The molecule has 114 valence electrons. The Morgan fingerprint density at radius 3 is 2.71 bits per heavy atom. The highest BCUT2D eigenvalue weighted by atomic mass is 79.9. The summed E-state index contributed by atoms with van der Waals surface area (Å²) in [7, 11) is 2.11. The fourth-order valence-electron chi connectivity index (χ4n) is 2.25. The van der Waals surface area contributed by atoms with Crippen LogP contribution in [0.5, 0.6) is 0 Å². The Hall–Kier alpha value is -0.550. The van der Waals surface area contributed by atoms with E-state index in [4.69, 9.17) is 17.3 Å². The van der Waals surface area contributed by atoms with Gasteiger partial charge in [0.05, 0.1) is 10.9 Å². The van der Waals surface area contributed by atoms with E-state index in [-0.39, 0.29) is 6.04 Å². The molecule has 0 saturated carbocycles. The van der Waals surface area contributed by atoms with Gasteiger partial charge in [-0.05, 0) is 42.7 Å². The normalized spacial score (nSPS) is 12.4. The second-order valence-electron chi connectivity index (χ2n) is 5.21. The van der Waals surface area contributed by atoms with E-state index in [0.717, 1.165) is 28.2 Å². The van der Waals surface area contributed by atoms with Crippen LogP contribution < -0.4 is 10.6 Å². The van der Waals surface area contributed by atoms with Crippen molar-refractivity contribution in [2.24, 2.45) is 5.73 Å². The van der Waals surface area contributed by atoms with Gasteiger partial charge in [-0.25, -0.2) is 0 Å². The molecule has 0 aliphatic carbocycles. The highest BCUT2D eigenvalue weighted by molar-refractivity contribution is 9.10. The average Bonchev–Trinajstić information content (AvgIpc) is 2.85. The van der Waals surface area contributed by atoms with Gasteiger partial charge in [0.2, 0.25) is 0 Å². The van der Waals surface area contributed by atoms with Crippen molar-refractivity contribution in [2.75, 3.05) is 11.9 Å². The van der Waals surface area contributed by atoms with Crippen molar-refractivity contribution in [3.63, 3.8) is 0 Å². The fourth-order valence-corrected chi connectivity index (χ4v) is 3.74. The predicted molar refractivity (Wildman–Crippen MR) is 97.5 cm³/mol. The van der Waals surface area contributed by atoms with E-state index >= 15 is 0 Å². The first-order chi connectivity index (χ1) is 9.99. The summed E-state index contributed by atoms with van der Waals surface area (Å²) in [5.74, 6) is 0. The van der Waals surface area contributed by atoms with Crippen LogP contribution in [0.15, 0.2) is 34.8 Å². The standard InChI is InChI=1S/C16H20BrClN2S/c1-3-13(19)8-11-4-5-12(17)9-15(11)20(2)10-14-6-7-16(18)21-14/h4-7,9,13H,3,8,10,19H2,1-2H3. The zero-order valence-electron chi connectivity index (χ0n) is 12.3. The second-order valence-corrected chi connectivity index (χ2v) is 7.92. The molecule has 0 aliphatic heterocycles. The van der Waals surface area contributed by atoms with Crippen molar-refractivity contribution in [2.45, 2.75) is 32.4 Å². The quantitative estimate of drug-likeness (QED) is 0.749. The number of hydrogen-bond donors (Lipinski definition) is 1. The number of nitrogens with two attached hydrogens (primary N) is 1. The predicted octanol–water partition coefficient (Wildman–Crippen LogP) is 5.08. The highest BCUT2D eigenvalue weighted by Gasteiger charge is 2.12. The van der Waals surface area contributed by atoms with Crippen LogP contribution in [0.25, 0.3) is 0 Å². The van der Waals surface area contributed by atoms with Gasteiger partial charge in [0, 0.05) is 28.1 Å². The molecule has 0 spiro atoms. The third-order valence-electron chi connectivity index (χ3n) is 3.49. The summed E-state index contributed by atoms with van der Waals surface area (Å²) in [5, 5.41) is 0. The zero-order chi connectivity index (χ0) is 15.4. The molecular formula is C16H20BrClN2S. The summed E-state index contributed by atoms with van der Waals surface area (Å²) in [6, 6.07) is 10.6. The number of hydrogen-bond acceptors (Lipinski definition) is 3. The Balaban J connectivity index is 2.21. The molecular weight excluding hydrogens is 368 g/mol. The topological polar surface area (TPSA) is 29.3 Å². The molecule has 0 radical (unpaired) electrons. The number of anilines is 1. The minimum atomic E-state index is 0.203. The van der Waals surface area contributed by atoms with E-state index in [9.17, 15) is 0 Å². The molecule has 1 heterocycles. The molecule has 0 aliphatic rings. The van der Waals surface area contributed by atoms with Crippen LogP contribution in [0.1, 0.15) is 23.8 Å². The maximum Gasteiger partial charge on any atom is 0.0931 e. The summed E-state index contributed by atoms with van der Waals surface area (Å²) in [6.45, 7) is 2.97. The van der Waals surface area contributed by atoms with Crippen LogP contribution in [-0.4, -0.2) is 13.1 Å². The van der Waals surface area contributed by atoms with E-state index in [2.05, 4.69) is 59.1 Å². The molecule has 0 saturated heterocycles. The van der Waals surface area contributed by atoms with Gasteiger partial charge in [0.15, 0.2) is 0 Å². The van der Waals surface area contributed by atoms with E-state index in [1.54, 1.807) is 11.3 Å². The molecule has 5 heteroatoms. The summed E-state index contributed by atoms with van der Waals surface area (Å²) < 4.78 is 1.92. The minimum absolute atomic E-state index is 0.203. The number of thiophene rings is 1. The van der Waals surface area contributed by atoms with Crippen molar-refractivity contribution in [3.05, 3.63) is 49.6 Å². The van der Waals surface area contributed by atoms with E-state index in [1.165, 1.54) is 16.1 Å². The van der Waals surface area contributed by atoms with Crippen molar-refractivity contribution in [3.8, 4) is 0 Å². The molecule has 2 aromatic rings. The molecule has 2 rings (SSSR count). The van der Waals surface area contributed by atoms with Gasteiger partial charge >= 0.3 is 0 Å². The van der Waals surface area contributed by atoms with Gasteiger partial charge < -0.3 is 10.6 Å². The van der Waals surface area contributed by atoms with Crippen molar-refractivity contribution >= 4 is 44.6 Å². The molecule has 1 aromatic heterocycles. The van der Waals surface area contributed by atoms with Gasteiger partial charge in [0.1, 0.15) is 0 Å².